The van der Waals surface area contributed by atoms with Crippen LogP contribution in [0.1, 0.15) is 16.2 Å². The Morgan fingerprint density at radius 2 is 1.62 bits per heavy atom. The summed E-state index contributed by atoms with van der Waals surface area (Å²) in [5, 5.41) is 3.90. The molecule has 2 N–H and O–H groups in total. The molecular formula is C41H27FN9O4S+. The number of carbonyl (C=O) groups is 1. The number of hydrogen-bond acceptors (Lipinski definition) is 12. The highest BCUT2D eigenvalue weighted by molar-refractivity contribution is 7.22. The Balaban J connectivity index is 0.893. The molecule has 0 atom stereocenters. The van der Waals surface area contributed by atoms with Gasteiger partial charge >= 0.3 is 11.7 Å². The highest BCUT2D eigenvalue weighted by Crippen LogP contribution is 2.32. The fourth-order valence-corrected chi connectivity index (χ4v) is 6.73. The van der Waals surface area contributed by atoms with Crippen LogP contribution in [0, 0.1) is 5.82 Å². The number of ketones is 1. The number of pyridine rings is 1. The number of anilines is 2. The smallest absolute Gasteiger partial charge is 0.353 e. The number of hydrogen-bond donors (Lipinski definition) is 2. The highest BCUT2D eigenvalue weighted by Gasteiger charge is 2.21. The molecule has 0 spiro atoms. The summed E-state index contributed by atoms with van der Waals surface area (Å²) in [6.45, 7) is 0. The number of carbonyl (C=O) groups excluding carboxylic acids is 1. The number of aromatic nitrogens is 8. The van der Waals surface area contributed by atoms with Crippen molar-refractivity contribution in [1.82, 2.24) is 34.9 Å². The zero-order chi connectivity index (χ0) is 38.0. The first-order valence-corrected chi connectivity index (χ1v) is 17.9. The lowest BCUT2D eigenvalue weighted by Gasteiger charge is -2.11. The van der Waals surface area contributed by atoms with E-state index in [2.05, 4.69) is 40.2 Å². The number of rotatable bonds is 11. The minimum atomic E-state index is -0.324. The highest BCUT2D eigenvalue weighted by atomic mass is 32.1. The first-order chi connectivity index (χ1) is 27.5. The topological polar surface area (TPSA) is 154 Å². The number of benzene rings is 4. The van der Waals surface area contributed by atoms with Crippen molar-refractivity contribution in [2.75, 3.05) is 12.4 Å². The van der Waals surface area contributed by atoms with Crippen molar-refractivity contribution in [3.05, 3.63) is 151 Å². The maximum atomic E-state index is 13.6. The maximum Gasteiger partial charge on any atom is 0.353 e. The molecule has 5 aromatic heterocycles. The van der Waals surface area contributed by atoms with Gasteiger partial charge in [-0.1, -0.05) is 23.5 Å². The quantitative estimate of drug-likeness (QED) is 0.0965. The van der Waals surface area contributed by atoms with Crippen molar-refractivity contribution in [2.24, 2.45) is 0 Å². The fraction of sp³-hybridized carbons (Fsp3) is 0.0244. The van der Waals surface area contributed by atoms with Crippen LogP contribution < -0.4 is 24.1 Å². The van der Waals surface area contributed by atoms with Crippen molar-refractivity contribution in [3.63, 3.8) is 0 Å². The normalized spacial score (nSPS) is 11.1. The lowest BCUT2D eigenvalue weighted by Crippen LogP contribution is -2.33. The predicted molar refractivity (Wildman–Crippen MR) is 207 cm³/mol. The molecule has 0 aliphatic rings. The van der Waals surface area contributed by atoms with E-state index in [1.54, 1.807) is 78.8 Å². The van der Waals surface area contributed by atoms with Gasteiger partial charge in [-0.15, -0.1) is 0 Å². The summed E-state index contributed by atoms with van der Waals surface area (Å²) in [5.74, 6) is 2.13. The summed E-state index contributed by atoms with van der Waals surface area (Å²) in [7, 11) is 1.55. The third kappa shape index (κ3) is 7.04. The van der Waals surface area contributed by atoms with E-state index in [-0.39, 0.29) is 29.2 Å². The van der Waals surface area contributed by atoms with E-state index in [0.717, 1.165) is 21.4 Å². The number of para-hydroxylation sites is 2. The molecule has 0 saturated carbocycles. The van der Waals surface area contributed by atoms with Crippen LogP contribution >= 0.6 is 11.3 Å². The predicted octanol–water partition coefficient (Wildman–Crippen LogP) is 8.40. The molecule has 272 valence electrons. The van der Waals surface area contributed by atoms with Crippen molar-refractivity contribution < 1.29 is 28.0 Å². The van der Waals surface area contributed by atoms with E-state index in [0.29, 0.717) is 50.7 Å². The van der Waals surface area contributed by atoms with Gasteiger partial charge in [0.2, 0.25) is 11.7 Å². The number of nitrogens with zero attached hydrogens (tertiary/aromatic N) is 7. The standard InChI is InChI=1S/C41H26FN9O4S/c1-53-36-20-25(37-40(45-18-17-44-37)55-29-11-6-24(7-12-29)38(52)39-47-30-4-2-3-5-31(30)48-39)16-19-51(36)34-22-43-23-35(50-34)54-28-13-9-27(10-14-28)46-41-49-32-21-26(42)8-15-33(32)56-41/h2-23H,1H3,(H-,46,47,48,49,52)/p+1. The number of nitrogens with one attached hydrogen (secondary N) is 2. The molecule has 0 aliphatic heterocycles. The molecule has 4 aromatic carbocycles. The fourth-order valence-electron chi connectivity index (χ4n) is 5.86. The Kier molecular flexibility index (Phi) is 8.93. The number of aromatic amines is 1. The van der Waals surface area contributed by atoms with E-state index in [9.17, 15) is 9.18 Å². The molecule has 0 saturated heterocycles. The summed E-state index contributed by atoms with van der Waals surface area (Å²) in [5.41, 5.74) is 4.50. The van der Waals surface area contributed by atoms with Crippen molar-refractivity contribution in [2.45, 2.75) is 0 Å². The summed E-state index contributed by atoms with van der Waals surface area (Å²) >= 11 is 1.44. The number of methoxy groups -OCH3 is 1. The van der Waals surface area contributed by atoms with E-state index < -0.39 is 0 Å². The summed E-state index contributed by atoms with van der Waals surface area (Å²) in [4.78, 5) is 43.0. The maximum absolute atomic E-state index is 13.6. The van der Waals surface area contributed by atoms with Gasteiger partial charge in [-0.2, -0.15) is 4.57 Å². The van der Waals surface area contributed by atoms with Gasteiger partial charge in [-0.3, -0.25) is 4.79 Å². The van der Waals surface area contributed by atoms with Gasteiger partial charge in [0.05, 0.1) is 28.4 Å². The summed E-state index contributed by atoms with van der Waals surface area (Å²) in [6, 6.07) is 29.7. The third-order valence-corrected chi connectivity index (χ3v) is 9.48. The first-order valence-electron chi connectivity index (χ1n) is 17.1. The Morgan fingerprint density at radius 1 is 0.821 bits per heavy atom. The van der Waals surface area contributed by atoms with Crippen LogP contribution in [0.2, 0.25) is 0 Å². The first kappa shape index (κ1) is 34.1. The Bertz CT molecular complexity index is 2850. The monoisotopic (exact) mass is 760 g/mol. The molecular weight excluding hydrogens is 734 g/mol. The van der Waals surface area contributed by atoms with Gasteiger partial charge in [0.25, 0.3) is 5.88 Å². The molecule has 56 heavy (non-hydrogen) atoms. The second kappa shape index (κ2) is 14.6. The molecule has 5 heterocycles. The molecule has 0 bridgehead atoms. The molecule has 9 aromatic rings. The zero-order valence-electron chi connectivity index (χ0n) is 29.3. The van der Waals surface area contributed by atoms with Crippen LogP contribution in [0.4, 0.5) is 15.2 Å². The largest absolute Gasteiger partial charge is 0.465 e. The van der Waals surface area contributed by atoms with Gasteiger partial charge in [0.15, 0.2) is 11.0 Å². The van der Waals surface area contributed by atoms with E-state index in [4.69, 9.17) is 14.2 Å². The number of ether oxygens (including phenoxy) is 3. The van der Waals surface area contributed by atoms with Crippen molar-refractivity contribution in [1.29, 1.82) is 0 Å². The van der Waals surface area contributed by atoms with Crippen LogP contribution in [-0.2, 0) is 0 Å². The van der Waals surface area contributed by atoms with Gasteiger partial charge in [-0.25, -0.2) is 29.3 Å². The van der Waals surface area contributed by atoms with Gasteiger partial charge < -0.3 is 24.5 Å². The molecule has 0 amide bonds. The Morgan fingerprint density at radius 3 is 2.46 bits per heavy atom. The van der Waals surface area contributed by atoms with Crippen LogP contribution in [0.25, 0.3) is 38.3 Å². The molecule has 9 rings (SSSR count). The minimum Gasteiger partial charge on any atom is -0.465 e. The van der Waals surface area contributed by atoms with Crippen LogP contribution in [0.3, 0.4) is 0 Å². The van der Waals surface area contributed by atoms with E-state index in [1.807, 2.05) is 42.5 Å². The molecule has 0 unspecified atom stereocenters. The number of halogens is 1. The van der Waals surface area contributed by atoms with Crippen LogP contribution in [-0.4, -0.2) is 47.8 Å². The number of fused-ring (bicyclic) bond motifs is 2. The second-order valence-corrected chi connectivity index (χ2v) is 13.2. The number of thiazole rings is 1. The molecule has 0 fully saturated rings. The summed E-state index contributed by atoms with van der Waals surface area (Å²) < 4.78 is 34.1. The number of imidazole rings is 1. The van der Waals surface area contributed by atoms with Crippen LogP contribution in [0.5, 0.6) is 29.1 Å². The molecule has 0 aliphatic carbocycles. The molecule has 13 nitrogen and oxygen atoms in total. The average molecular weight is 761 g/mol. The summed E-state index contributed by atoms with van der Waals surface area (Å²) in [6.07, 6.45) is 7.99. The van der Waals surface area contributed by atoms with E-state index in [1.165, 1.54) is 35.9 Å². The lowest BCUT2D eigenvalue weighted by molar-refractivity contribution is -0.606. The zero-order valence-corrected chi connectivity index (χ0v) is 30.1. The van der Waals surface area contributed by atoms with Crippen LogP contribution in [0.15, 0.2) is 134 Å². The van der Waals surface area contributed by atoms with Gasteiger partial charge in [0, 0.05) is 46.3 Å². The minimum absolute atomic E-state index is 0.232. The van der Waals surface area contributed by atoms with Crippen molar-refractivity contribution in [3.8, 4) is 46.2 Å². The van der Waals surface area contributed by atoms with Gasteiger partial charge in [-0.05, 0) is 78.9 Å². The lowest BCUT2D eigenvalue weighted by atomic mass is 10.1. The van der Waals surface area contributed by atoms with E-state index >= 15 is 0 Å². The SMILES string of the molecule is COc1cc(-c2nccnc2Oc2ccc(C(=O)c3nc4ccccc4[nH]3)cc2)cc[n+]1-c1cncc(Oc2ccc(Nc3nc4cc(F)ccc4s3)cc2)n1. The second-order valence-electron chi connectivity index (χ2n) is 12.2. The molecule has 15 heteroatoms. The Hall–Kier alpha value is -7.65. The van der Waals surface area contributed by atoms with Gasteiger partial charge in [0.1, 0.15) is 41.6 Å². The Labute approximate surface area is 321 Å². The number of H-pyrrole nitrogens is 1. The third-order valence-electron chi connectivity index (χ3n) is 8.53. The van der Waals surface area contributed by atoms with Crippen molar-refractivity contribution >= 4 is 49.2 Å². The molecule has 0 radical (unpaired) electrons. The average Bonchev–Trinajstić information content (AvgIpc) is 3.85.